The molecule has 5 heterocycles. The second kappa shape index (κ2) is 20.1. The van der Waals surface area contributed by atoms with E-state index in [1.807, 2.05) is 4.72 Å². The first-order valence-electron chi connectivity index (χ1n) is 24.5. The van der Waals surface area contributed by atoms with Crippen LogP contribution in [-0.2, 0) is 14.8 Å². The first-order valence-corrected chi connectivity index (χ1v) is 26.0. The van der Waals surface area contributed by atoms with Crippen LogP contribution in [0.4, 0.5) is 26.4 Å². The standard InChI is InChI=1S/C51H62FN9O10S/c1-31(2)36-8-6-7-9-37(36)42-30-59(49(63)70-5)20-21-60(42)34-25-51(26-34)16-18-58(19-17-51)33-10-11-38(43(22-33)71-44-24-39-40(52)29-55-45(39)56-48(44)69-4)47(62)57-72(67,68)35-23-41(61(65)66)46(54-28-35)53-27-32-12-14-50(3,64)15-13-32/h6-11,22-24,28-29,31-32,34,42,64H,12-21,25-27,30H2,1-5H3,(H,53,54)(H,55,56)(H,57,62)/t32?,42-,50?/m0/s1. The molecule has 2 amide bonds. The number of nitro groups is 1. The van der Waals surface area contributed by atoms with Gasteiger partial charge in [0.1, 0.15) is 22.1 Å². The molecule has 2 saturated carbocycles. The van der Waals surface area contributed by atoms with Crippen molar-refractivity contribution >= 4 is 50.2 Å². The van der Waals surface area contributed by atoms with Crippen LogP contribution in [0.5, 0.6) is 17.4 Å². The topological polar surface area (TPSA) is 235 Å². The number of nitrogens with zero attached hydrogens (tertiary/aromatic N) is 6. The van der Waals surface area contributed by atoms with E-state index in [1.165, 1.54) is 37.5 Å². The number of piperazine rings is 1. The number of benzene rings is 2. The number of pyridine rings is 2. The van der Waals surface area contributed by atoms with Crippen LogP contribution >= 0.6 is 0 Å². The molecule has 3 aromatic heterocycles. The molecule has 384 valence electrons. The molecule has 4 aliphatic rings. The molecule has 2 saturated heterocycles. The van der Waals surface area contributed by atoms with Gasteiger partial charge in [-0.05, 0) is 98.8 Å². The zero-order chi connectivity index (χ0) is 51.1. The van der Waals surface area contributed by atoms with Crippen molar-refractivity contribution in [2.24, 2.45) is 11.3 Å². The molecular formula is C51H62FN9O10S. The molecule has 9 rings (SSSR count). The van der Waals surface area contributed by atoms with E-state index in [-0.39, 0.29) is 63.3 Å². The third kappa shape index (κ3) is 10.4. The van der Waals surface area contributed by atoms with Gasteiger partial charge >= 0.3 is 11.8 Å². The lowest BCUT2D eigenvalue weighted by atomic mass is 9.59. The van der Waals surface area contributed by atoms with E-state index in [2.05, 4.69) is 68.2 Å². The highest BCUT2D eigenvalue weighted by Gasteiger charge is 2.50. The highest BCUT2D eigenvalue weighted by molar-refractivity contribution is 7.90. The number of nitrogens with one attached hydrogen (secondary N) is 3. The number of hydrogen-bond acceptors (Lipinski definition) is 15. The van der Waals surface area contributed by atoms with Gasteiger partial charge in [0.2, 0.25) is 5.82 Å². The molecule has 0 unspecified atom stereocenters. The highest BCUT2D eigenvalue weighted by Crippen LogP contribution is 2.53. The van der Waals surface area contributed by atoms with E-state index < -0.39 is 42.9 Å². The van der Waals surface area contributed by atoms with Crippen LogP contribution in [0.25, 0.3) is 11.0 Å². The van der Waals surface area contributed by atoms with Gasteiger partial charge in [0.05, 0.1) is 47.9 Å². The lowest BCUT2D eigenvalue weighted by Gasteiger charge is -2.58. The third-order valence-electron chi connectivity index (χ3n) is 15.3. The SMILES string of the molecule is COC(=O)N1CCN(C2CC3(CCN(c4ccc(C(=O)NS(=O)(=O)c5cnc(NCC6CCC(C)(O)CC6)c([N+](=O)[O-])c5)c(Oc5cc6c(F)c[nH]c6nc5OC)c4)CC3)C2)[C@H](c2ccccc2C(C)C)C1. The van der Waals surface area contributed by atoms with E-state index in [0.717, 1.165) is 50.7 Å². The Morgan fingerprint density at radius 2 is 1.75 bits per heavy atom. The molecule has 0 radical (unpaired) electrons. The summed E-state index contributed by atoms with van der Waals surface area (Å²) in [6.07, 6.45) is 8.16. The smallest absolute Gasteiger partial charge is 0.409 e. The maximum atomic E-state index is 14.9. The molecule has 4 fully saturated rings. The number of rotatable bonds is 14. The van der Waals surface area contributed by atoms with Gasteiger partial charge < -0.3 is 39.4 Å². The summed E-state index contributed by atoms with van der Waals surface area (Å²) in [5.41, 5.74) is 1.96. The molecule has 21 heteroatoms. The number of piperidine rings is 1. The molecule has 1 atom stereocenters. The molecule has 5 aromatic rings. The minimum atomic E-state index is -4.75. The molecular weight excluding hydrogens is 950 g/mol. The Morgan fingerprint density at radius 3 is 2.44 bits per heavy atom. The minimum absolute atomic E-state index is 0.0296. The van der Waals surface area contributed by atoms with Crippen molar-refractivity contribution in [1.82, 2.24) is 29.5 Å². The maximum absolute atomic E-state index is 14.9. The van der Waals surface area contributed by atoms with E-state index >= 15 is 0 Å². The molecule has 19 nitrogen and oxygen atoms in total. The van der Waals surface area contributed by atoms with Gasteiger partial charge in [0.15, 0.2) is 5.75 Å². The summed E-state index contributed by atoms with van der Waals surface area (Å²) in [5, 5.41) is 25.6. The van der Waals surface area contributed by atoms with Gasteiger partial charge in [-0.15, -0.1) is 0 Å². The van der Waals surface area contributed by atoms with Gasteiger partial charge in [0.25, 0.3) is 21.8 Å². The molecule has 72 heavy (non-hydrogen) atoms. The van der Waals surface area contributed by atoms with Crippen LogP contribution in [0, 0.1) is 27.3 Å². The first kappa shape index (κ1) is 50.4. The van der Waals surface area contributed by atoms with E-state index in [4.69, 9.17) is 14.2 Å². The maximum Gasteiger partial charge on any atom is 0.409 e. The van der Waals surface area contributed by atoms with Crippen molar-refractivity contribution in [2.75, 3.05) is 63.7 Å². The summed E-state index contributed by atoms with van der Waals surface area (Å²) < 4.78 is 61.5. The van der Waals surface area contributed by atoms with Crippen molar-refractivity contribution in [3.63, 3.8) is 0 Å². The van der Waals surface area contributed by atoms with E-state index in [0.29, 0.717) is 76.1 Å². The van der Waals surface area contributed by atoms with Gasteiger partial charge in [-0.25, -0.2) is 27.3 Å². The zero-order valence-corrected chi connectivity index (χ0v) is 42.0. The second-order valence-electron chi connectivity index (χ2n) is 20.4. The fourth-order valence-corrected chi connectivity index (χ4v) is 12.0. The van der Waals surface area contributed by atoms with Crippen LogP contribution in [-0.4, -0.2) is 120 Å². The number of halogens is 1. The number of sulfonamides is 1. The summed E-state index contributed by atoms with van der Waals surface area (Å²) in [4.78, 5) is 55.5. The fourth-order valence-electron chi connectivity index (χ4n) is 11.1. The summed E-state index contributed by atoms with van der Waals surface area (Å²) in [7, 11) is -1.97. The van der Waals surface area contributed by atoms with E-state index in [1.54, 1.807) is 24.0 Å². The first-order chi connectivity index (χ1) is 34.4. The minimum Gasteiger partial charge on any atom is -0.478 e. The Labute approximate surface area is 417 Å². The number of ether oxygens (including phenoxy) is 3. The number of amides is 2. The van der Waals surface area contributed by atoms with E-state index in [9.17, 15) is 37.6 Å². The molecule has 1 spiro atoms. The second-order valence-corrected chi connectivity index (χ2v) is 22.0. The summed E-state index contributed by atoms with van der Waals surface area (Å²) in [5.74, 6) is -1.54. The quantitative estimate of drug-likeness (QED) is 0.0605. The predicted molar refractivity (Wildman–Crippen MR) is 267 cm³/mol. The Kier molecular flexibility index (Phi) is 14.1. The summed E-state index contributed by atoms with van der Waals surface area (Å²) in [6.45, 7) is 9.74. The van der Waals surface area contributed by atoms with Crippen molar-refractivity contribution in [3.8, 4) is 17.4 Å². The zero-order valence-electron chi connectivity index (χ0n) is 41.2. The van der Waals surface area contributed by atoms with Crippen LogP contribution in [0.3, 0.4) is 0 Å². The van der Waals surface area contributed by atoms with Gasteiger partial charge in [-0.3, -0.25) is 19.8 Å². The third-order valence-corrected chi connectivity index (χ3v) is 16.6. The number of carbonyl (C=O) groups is 2. The highest BCUT2D eigenvalue weighted by atomic mass is 32.2. The van der Waals surface area contributed by atoms with Crippen molar-refractivity contribution in [2.45, 2.75) is 101 Å². The number of aliphatic hydroxyl groups is 1. The Bertz CT molecular complexity index is 2960. The van der Waals surface area contributed by atoms with Gasteiger partial charge in [-0.2, -0.15) is 4.98 Å². The molecule has 2 aliphatic carbocycles. The van der Waals surface area contributed by atoms with Crippen LogP contribution in [0.1, 0.15) is 106 Å². The number of fused-ring (bicyclic) bond motifs is 1. The number of aromatic nitrogens is 3. The van der Waals surface area contributed by atoms with Gasteiger partial charge in [-0.1, -0.05) is 38.1 Å². The normalized spacial score (nSPS) is 21.6. The largest absolute Gasteiger partial charge is 0.478 e. The summed E-state index contributed by atoms with van der Waals surface area (Å²) in [6, 6.07) is 15.9. The van der Waals surface area contributed by atoms with Crippen molar-refractivity contribution < 1.29 is 46.6 Å². The Morgan fingerprint density at radius 1 is 1.01 bits per heavy atom. The fraction of sp³-hybridized carbons (Fsp3) is 0.490. The number of methoxy groups -OCH3 is 2. The van der Waals surface area contributed by atoms with Crippen LogP contribution in [0.15, 0.2) is 71.9 Å². The van der Waals surface area contributed by atoms with Gasteiger partial charge in [0, 0.05) is 75.4 Å². The Hall–Kier alpha value is -6.58. The van der Waals surface area contributed by atoms with Crippen LogP contribution < -0.4 is 24.4 Å². The monoisotopic (exact) mass is 1010 g/mol. The number of anilines is 2. The van der Waals surface area contributed by atoms with Crippen molar-refractivity contribution in [3.05, 3.63) is 99.6 Å². The average molecular weight is 1010 g/mol. The average Bonchev–Trinajstić information content (AvgIpc) is 3.72. The van der Waals surface area contributed by atoms with Crippen LogP contribution in [0.2, 0.25) is 0 Å². The van der Waals surface area contributed by atoms with Crippen molar-refractivity contribution in [1.29, 1.82) is 0 Å². The number of aromatic amines is 1. The lowest BCUT2D eigenvalue weighted by molar-refractivity contribution is -0.384. The number of hydrogen-bond donors (Lipinski definition) is 4. The Balaban J connectivity index is 0.931. The molecule has 4 N–H and O–H groups in total. The molecule has 2 aromatic carbocycles. The number of carbonyl (C=O) groups excluding carboxylic acids is 2. The molecule has 0 bridgehead atoms. The molecule has 2 aliphatic heterocycles. The lowest BCUT2D eigenvalue weighted by Crippen LogP contribution is -2.60. The number of H-pyrrole nitrogens is 1. The summed E-state index contributed by atoms with van der Waals surface area (Å²) >= 11 is 0. The predicted octanol–water partition coefficient (Wildman–Crippen LogP) is 8.28.